The summed E-state index contributed by atoms with van der Waals surface area (Å²) in [6.07, 6.45) is 0.809. The van der Waals surface area contributed by atoms with Crippen LogP contribution in [0.25, 0.3) is 0 Å². The zero-order chi connectivity index (χ0) is 19.4. The van der Waals surface area contributed by atoms with Gasteiger partial charge in [0.1, 0.15) is 34.2 Å². The maximum atomic E-state index is 11.4. The van der Waals surface area contributed by atoms with Crippen LogP contribution < -0.4 is 32.9 Å². The number of halogens is 1. The van der Waals surface area contributed by atoms with Crippen molar-refractivity contribution in [1.29, 1.82) is 0 Å². The van der Waals surface area contributed by atoms with Crippen molar-refractivity contribution in [2.45, 2.75) is 6.16 Å². The van der Waals surface area contributed by atoms with Crippen molar-refractivity contribution in [2.24, 2.45) is 0 Å². The lowest BCUT2D eigenvalue weighted by atomic mass is 10.4. The summed E-state index contributed by atoms with van der Waals surface area (Å²) in [5, 5.41) is 13.3. The van der Waals surface area contributed by atoms with E-state index < -0.39 is 13.2 Å². The second kappa shape index (κ2) is 9.49. The maximum absolute atomic E-state index is 11.4. The van der Waals surface area contributed by atoms with Crippen LogP contribution in [0.4, 0.5) is 0 Å². The van der Waals surface area contributed by atoms with Crippen LogP contribution in [0.3, 0.4) is 0 Å². The van der Waals surface area contributed by atoms with E-state index in [4.69, 9.17) is 0 Å². The molecule has 0 radical (unpaired) electrons. The minimum Gasteiger partial charge on any atom is -1.00 e. The quantitative estimate of drug-likeness (QED) is 0.426. The Balaban J connectivity index is 0.00000240. The number of carboxylic acids is 1. The smallest absolute Gasteiger partial charge is 0.345 e. The third kappa shape index (κ3) is 4.35. The zero-order valence-electron chi connectivity index (χ0n) is 15.6. The molecule has 4 rings (SSSR count). The second-order valence-electron chi connectivity index (χ2n) is 6.55. The van der Waals surface area contributed by atoms with Crippen molar-refractivity contribution < 1.29 is 26.9 Å². The maximum Gasteiger partial charge on any atom is 0.345 e. The molecule has 146 valence electrons. The molecule has 0 bridgehead atoms. The van der Waals surface area contributed by atoms with E-state index in [1.807, 2.05) is 24.3 Å². The largest absolute Gasteiger partial charge is 1.00 e. The molecule has 1 aromatic heterocycles. The normalized spacial score (nSPS) is 10.9. The summed E-state index contributed by atoms with van der Waals surface area (Å²) in [5.41, 5.74) is 0. The Morgan fingerprint density at radius 1 is 0.690 bits per heavy atom. The fraction of sp³-hybridized carbons (Fsp3) is 0.0417. The highest BCUT2D eigenvalue weighted by Gasteiger charge is 2.45. The molecule has 0 saturated carbocycles. The first-order chi connectivity index (χ1) is 13.7. The Hall–Kier alpha value is -2.26. The van der Waals surface area contributed by atoms with Crippen molar-refractivity contribution in [1.82, 2.24) is 0 Å². The van der Waals surface area contributed by atoms with Crippen LogP contribution >= 0.6 is 18.6 Å². The number of thiophene rings is 1. The standard InChI is InChI=1S/C24H19O2PS.BrH/c25-24(26)23-17-16-22(28-23)18-27(19-10-4-1-5-11-19,20-12-6-2-7-13-20)21-14-8-3-9-15-21;/h1-17H,18H2;1H. The molecule has 0 fully saturated rings. The highest BCUT2D eigenvalue weighted by atomic mass is 79.9. The molecular weight excluding hydrogens is 463 g/mol. The van der Waals surface area contributed by atoms with Gasteiger partial charge in [0, 0.05) is 4.88 Å². The van der Waals surface area contributed by atoms with Crippen molar-refractivity contribution >= 4 is 40.5 Å². The zero-order valence-corrected chi connectivity index (χ0v) is 18.9. The molecular formula is C24H20BrO2PS. The number of rotatable bonds is 6. The molecule has 0 aliphatic rings. The first-order valence-electron chi connectivity index (χ1n) is 9.07. The predicted octanol–water partition coefficient (Wildman–Crippen LogP) is 1.94. The fourth-order valence-electron chi connectivity index (χ4n) is 3.58. The number of hydrogen-bond donors (Lipinski definition) is 1. The molecule has 0 unspecified atom stereocenters. The molecule has 0 saturated heterocycles. The van der Waals surface area contributed by atoms with Gasteiger partial charge in [-0.3, -0.25) is 0 Å². The number of aromatic carboxylic acids is 1. The van der Waals surface area contributed by atoms with Gasteiger partial charge in [-0.1, -0.05) is 54.6 Å². The Morgan fingerprint density at radius 3 is 1.45 bits per heavy atom. The summed E-state index contributed by atoms with van der Waals surface area (Å²) < 4.78 is 0. The Kier molecular flexibility index (Phi) is 7.02. The number of carbonyl (C=O) groups is 1. The summed E-state index contributed by atoms with van der Waals surface area (Å²) in [6, 6.07) is 35.6. The molecule has 3 aromatic carbocycles. The Bertz CT molecular complexity index is 969. The Morgan fingerprint density at radius 2 is 1.10 bits per heavy atom. The van der Waals surface area contributed by atoms with Crippen molar-refractivity contribution in [3.8, 4) is 0 Å². The molecule has 29 heavy (non-hydrogen) atoms. The van der Waals surface area contributed by atoms with Gasteiger partial charge in [0.15, 0.2) is 0 Å². The van der Waals surface area contributed by atoms with Crippen LogP contribution in [0.5, 0.6) is 0 Å². The molecule has 0 spiro atoms. The third-order valence-electron chi connectivity index (χ3n) is 4.86. The van der Waals surface area contributed by atoms with E-state index in [-0.39, 0.29) is 17.0 Å². The summed E-state index contributed by atoms with van der Waals surface area (Å²) in [7, 11) is -1.97. The van der Waals surface area contributed by atoms with Crippen molar-refractivity contribution in [3.63, 3.8) is 0 Å². The van der Waals surface area contributed by atoms with E-state index in [9.17, 15) is 9.90 Å². The van der Waals surface area contributed by atoms with E-state index in [1.54, 1.807) is 6.07 Å². The van der Waals surface area contributed by atoms with Crippen LogP contribution in [-0.2, 0) is 6.16 Å². The summed E-state index contributed by atoms with van der Waals surface area (Å²) in [5.74, 6) is -0.862. The number of carboxylic acid groups (broad SMARTS) is 1. The lowest BCUT2D eigenvalue weighted by Gasteiger charge is -2.27. The van der Waals surface area contributed by atoms with E-state index >= 15 is 0 Å². The van der Waals surface area contributed by atoms with E-state index in [1.165, 1.54) is 27.3 Å². The third-order valence-corrected chi connectivity index (χ3v) is 10.5. The average Bonchev–Trinajstić information content (AvgIpc) is 3.23. The van der Waals surface area contributed by atoms with Crippen LogP contribution in [0.2, 0.25) is 0 Å². The minimum atomic E-state index is -1.97. The topological polar surface area (TPSA) is 37.3 Å². The molecule has 0 atom stereocenters. The minimum absolute atomic E-state index is 0. The summed E-state index contributed by atoms with van der Waals surface area (Å²) in [6.45, 7) is 0. The lowest BCUT2D eigenvalue weighted by molar-refractivity contribution is -0.0000209. The summed E-state index contributed by atoms with van der Waals surface area (Å²) in [4.78, 5) is 12.9. The van der Waals surface area contributed by atoms with Gasteiger partial charge in [0.25, 0.3) is 0 Å². The average molecular weight is 483 g/mol. The van der Waals surface area contributed by atoms with Crippen LogP contribution in [0, 0.1) is 0 Å². The van der Waals surface area contributed by atoms with Gasteiger partial charge in [0.2, 0.25) is 0 Å². The van der Waals surface area contributed by atoms with Crippen molar-refractivity contribution in [2.75, 3.05) is 0 Å². The van der Waals surface area contributed by atoms with Gasteiger partial charge >= 0.3 is 5.97 Å². The second-order valence-corrected chi connectivity index (χ2v) is 11.2. The fourth-order valence-corrected chi connectivity index (χ4v) is 9.12. The van der Waals surface area contributed by atoms with Gasteiger partial charge in [-0.05, 0) is 48.5 Å². The predicted molar refractivity (Wildman–Crippen MR) is 120 cm³/mol. The molecule has 4 aromatic rings. The molecule has 1 N–H and O–H groups in total. The lowest BCUT2D eigenvalue weighted by Crippen LogP contribution is -3.00. The van der Waals surface area contributed by atoms with E-state index in [0.717, 1.165) is 11.0 Å². The molecule has 1 heterocycles. The van der Waals surface area contributed by atoms with Gasteiger partial charge in [0.05, 0.1) is 0 Å². The first kappa shape index (κ1) is 21.4. The van der Waals surface area contributed by atoms with Crippen LogP contribution in [0.1, 0.15) is 14.5 Å². The van der Waals surface area contributed by atoms with Gasteiger partial charge in [-0.25, -0.2) is 4.79 Å². The SMILES string of the molecule is O=C(O)c1ccc(C[P+](c2ccccc2)(c2ccccc2)c2ccccc2)s1.[Br-]. The molecule has 5 heteroatoms. The van der Waals surface area contributed by atoms with E-state index in [0.29, 0.717) is 4.88 Å². The highest BCUT2D eigenvalue weighted by molar-refractivity contribution is 7.95. The van der Waals surface area contributed by atoms with Gasteiger partial charge < -0.3 is 22.1 Å². The summed E-state index contributed by atoms with van der Waals surface area (Å²) >= 11 is 1.38. The van der Waals surface area contributed by atoms with Gasteiger partial charge in [-0.15, -0.1) is 11.3 Å². The van der Waals surface area contributed by atoms with Gasteiger partial charge in [-0.2, -0.15) is 0 Å². The molecule has 2 nitrogen and oxygen atoms in total. The van der Waals surface area contributed by atoms with E-state index in [2.05, 4.69) is 72.8 Å². The van der Waals surface area contributed by atoms with Crippen LogP contribution in [-0.4, -0.2) is 11.1 Å². The molecule has 0 aliphatic carbocycles. The monoisotopic (exact) mass is 482 g/mol. The first-order valence-corrected chi connectivity index (χ1v) is 11.9. The number of benzene rings is 3. The van der Waals surface area contributed by atoms with Crippen molar-refractivity contribution in [3.05, 3.63) is 113 Å². The van der Waals surface area contributed by atoms with Crippen LogP contribution in [0.15, 0.2) is 103 Å². The number of hydrogen-bond acceptors (Lipinski definition) is 2. The molecule has 0 aliphatic heterocycles. The Labute approximate surface area is 186 Å². The molecule has 0 amide bonds. The highest BCUT2D eigenvalue weighted by Crippen LogP contribution is 2.58.